The molecule has 0 unspecified atom stereocenters. The number of nitrogens with zero attached hydrogens (tertiary/aromatic N) is 1. The molecule has 28 heavy (non-hydrogen) atoms. The number of benzene rings is 1. The lowest BCUT2D eigenvalue weighted by Gasteiger charge is -2.23. The second kappa shape index (κ2) is 9.38. The molecular weight excluding hydrogens is 377 g/mol. The van der Waals surface area contributed by atoms with Crippen molar-refractivity contribution in [1.82, 2.24) is 10.2 Å². The number of carbonyl (C=O) groups excluding carboxylic acids is 3. The Bertz CT molecular complexity index is 752. The van der Waals surface area contributed by atoms with Crippen LogP contribution in [0.25, 0.3) is 6.08 Å². The normalized spacial score (nSPS) is 12.0. The van der Waals surface area contributed by atoms with Crippen molar-refractivity contribution in [3.63, 3.8) is 0 Å². The first-order valence-corrected chi connectivity index (χ1v) is 8.35. The monoisotopic (exact) mass is 400 g/mol. The molecule has 1 aromatic carbocycles. The van der Waals surface area contributed by atoms with Crippen LogP contribution in [0.15, 0.2) is 30.3 Å². The molecule has 0 saturated carbocycles. The molecule has 0 aliphatic carbocycles. The zero-order chi connectivity index (χ0) is 21.5. The van der Waals surface area contributed by atoms with E-state index in [-0.39, 0.29) is 18.0 Å². The zero-order valence-corrected chi connectivity index (χ0v) is 16.1. The van der Waals surface area contributed by atoms with Gasteiger partial charge >= 0.3 is 12.1 Å². The average Bonchev–Trinajstić information content (AvgIpc) is 2.55. The maximum atomic E-state index is 12.6. The summed E-state index contributed by atoms with van der Waals surface area (Å²) in [4.78, 5) is 36.4. The molecule has 0 aliphatic heterocycles. The molecule has 2 amide bonds. The molecule has 0 radical (unpaired) electrons. The number of likely N-dealkylation sites (N-methyl/N-ethyl adjacent to an activating group) is 1. The van der Waals surface area contributed by atoms with Crippen LogP contribution in [0.4, 0.5) is 13.2 Å². The summed E-state index contributed by atoms with van der Waals surface area (Å²) < 4.78 is 42.7. The van der Waals surface area contributed by atoms with Crippen molar-refractivity contribution in [3.8, 4) is 0 Å². The molecule has 1 rings (SSSR count). The molecule has 6 nitrogen and oxygen atoms in total. The third kappa shape index (κ3) is 8.70. The summed E-state index contributed by atoms with van der Waals surface area (Å²) in [6.07, 6.45) is -2.40. The van der Waals surface area contributed by atoms with Crippen molar-refractivity contribution in [2.24, 2.45) is 0 Å². The fourth-order valence-corrected chi connectivity index (χ4v) is 2.04. The van der Waals surface area contributed by atoms with Crippen LogP contribution in [0.2, 0.25) is 0 Å². The fraction of sp³-hybridized carbons (Fsp3) is 0.421. The summed E-state index contributed by atoms with van der Waals surface area (Å²) in [5.74, 6) is -1.85. The Kier molecular flexibility index (Phi) is 7.78. The standard InChI is InChI=1S/C19H23F3N2O4/c1-18(2,3)23-15(25)11-24(4)16(26)12-28-17(27)9-8-13-6-5-7-14(10-13)19(20,21)22/h5-10H,11-12H2,1-4H3,(H,23,25)/b9-8+. The van der Waals surface area contributed by atoms with Gasteiger partial charge in [0.15, 0.2) is 6.61 Å². The van der Waals surface area contributed by atoms with E-state index in [1.54, 1.807) is 20.8 Å². The van der Waals surface area contributed by atoms with Gasteiger partial charge in [0.05, 0.1) is 12.1 Å². The Morgan fingerprint density at radius 2 is 1.82 bits per heavy atom. The first kappa shape index (κ1) is 23.2. The van der Waals surface area contributed by atoms with Crippen molar-refractivity contribution in [2.45, 2.75) is 32.5 Å². The lowest BCUT2D eigenvalue weighted by atomic mass is 10.1. The third-order valence-electron chi connectivity index (χ3n) is 3.28. The van der Waals surface area contributed by atoms with Crippen LogP contribution in [-0.4, -0.2) is 48.4 Å². The highest BCUT2D eigenvalue weighted by Gasteiger charge is 2.30. The number of nitrogens with one attached hydrogen (secondary N) is 1. The van der Waals surface area contributed by atoms with Gasteiger partial charge in [0.1, 0.15) is 0 Å². The number of hydrogen-bond donors (Lipinski definition) is 1. The van der Waals surface area contributed by atoms with Crippen LogP contribution < -0.4 is 5.32 Å². The second-order valence-corrected chi connectivity index (χ2v) is 7.11. The van der Waals surface area contributed by atoms with E-state index in [9.17, 15) is 27.6 Å². The molecule has 1 aromatic rings. The number of halogens is 3. The summed E-state index contributed by atoms with van der Waals surface area (Å²) >= 11 is 0. The van der Waals surface area contributed by atoms with Gasteiger partial charge in [-0.3, -0.25) is 9.59 Å². The van der Waals surface area contributed by atoms with Crippen LogP contribution in [0.5, 0.6) is 0 Å². The minimum absolute atomic E-state index is 0.161. The van der Waals surface area contributed by atoms with Crippen molar-refractivity contribution in [2.75, 3.05) is 20.2 Å². The highest BCUT2D eigenvalue weighted by atomic mass is 19.4. The van der Waals surface area contributed by atoms with E-state index in [1.807, 2.05) is 0 Å². The van der Waals surface area contributed by atoms with Crippen molar-refractivity contribution >= 4 is 23.9 Å². The van der Waals surface area contributed by atoms with Gasteiger partial charge in [-0.15, -0.1) is 0 Å². The molecule has 9 heteroatoms. The van der Waals surface area contributed by atoms with E-state index >= 15 is 0 Å². The van der Waals surface area contributed by atoms with Gasteiger partial charge in [-0.25, -0.2) is 4.79 Å². The topological polar surface area (TPSA) is 75.7 Å². The van der Waals surface area contributed by atoms with Crippen molar-refractivity contribution in [3.05, 3.63) is 41.5 Å². The van der Waals surface area contributed by atoms with Crippen LogP contribution in [-0.2, 0) is 25.3 Å². The zero-order valence-electron chi connectivity index (χ0n) is 16.1. The molecule has 0 aliphatic rings. The van der Waals surface area contributed by atoms with Crippen LogP contribution in [0.3, 0.4) is 0 Å². The quantitative estimate of drug-likeness (QED) is 0.588. The Hall–Kier alpha value is -2.84. The molecule has 154 valence electrons. The van der Waals surface area contributed by atoms with Crippen LogP contribution in [0.1, 0.15) is 31.9 Å². The first-order chi connectivity index (χ1) is 12.8. The van der Waals surface area contributed by atoms with E-state index < -0.39 is 35.8 Å². The fourth-order valence-electron chi connectivity index (χ4n) is 2.04. The smallest absolute Gasteiger partial charge is 0.416 e. The van der Waals surface area contributed by atoms with Crippen molar-refractivity contribution in [1.29, 1.82) is 0 Å². The summed E-state index contributed by atoms with van der Waals surface area (Å²) in [6.45, 7) is 4.60. The lowest BCUT2D eigenvalue weighted by Crippen LogP contribution is -2.46. The van der Waals surface area contributed by atoms with Crippen molar-refractivity contribution < 1.29 is 32.3 Å². The minimum Gasteiger partial charge on any atom is -0.452 e. The summed E-state index contributed by atoms with van der Waals surface area (Å²) in [6, 6.07) is 4.41. The lowest BCUT2D eigenvalue weighted by molar-refractivity contribution is -0.148. The highest BCUT2D eigenvalue weighted by molar-refractivity contribution is 5.90. The van der Waals surface area contributed by atoms with Gasteiger partial charge < -0.3 is 15.0 Å². The number of ether oxygens (including phenoxy) is 1. The van der Waals surface area contributed by atoms with E-state index in [1.165, 1.54) is 19.2 Å². The second-order valence-electron chi connectivity index (χ2n) is 7.11. The molecule has 0 heterocycles. The van der Waals surface area contributed by atoms with E-state index in [0.717, 1.165) is 29.2 Å². The Morgan fingerprint density at radius 3 is 2.39 bits per heavy atom. The molecule has 0 aromatic heterocycles. The number of rotatable bonds is 6. The number of alkyl halides is 3. The maximum absolute atomic E-state index is 12.6. The molecule has 0 spiro atoms. The Morgan fingerprint density at radius 1 is 1.18 bits per heavy atom. The number of carbonyl (C=O) groups is 3. The molecule has 0 bridgehead atoms. The molecule has 0 saturated heterocycles. The maximum Gasteiger partial charge on any atom is 0.416 e. The number of hydrogen-bond acceptors (Lipinski definition) is 4. The Labute approximate surface area is 161 Å². The molecular formula is C19H23F3N2O4. The van der Waals surface area contributed by atoms with Gasteiger partial charge in [0.25, 0.3) is 5.91 Å². The highest BCUT2D eigenvalue weighted by Crippen LogP contribution is 2.29. The van der Waals surface area contributed by atoms with Gasteiger partial charge in [0, 0.05) is 18.7 Å². The SMILES string of the molecule is CN(CC(=O)NC(C)(C)C)C(=O)COC(=O)/C=C/c1cccc(C(F)(F)F)c1. The van der Waals surface area contributed by atoms with Crippen LogP contribution >= 0.6 is 0 Å². The van der Waals surface area contributed by atoms with E-state index in [4.69, 9.17) is 4.74 Å². The third-order valence-corrected chi connectivity index (χ3v) is 3.28. The summed E-state index contributed by atoms with van der Waals surface area (Å²) in [7, 11) is 1.39. The van der Waals surface area contributed by atoms with E-state index in [2.05, 4.69) is 5.32 Å². The van der Waals surface area contributed by atoms with Gasteiger partial charge in [-0.1, -0.05) is 12.1 Å². The predicted octanol–water partition coefficient (Wildman–Crippen LogP) is 2.63. The number of esters is 1. The average molecular weight is 400 g/mol. The Balaban J connectivity index is 2.52. The number of amides is 2. The van der Waals surface area contributed by atoms with E-state index in [0.29, 0.717) is 0 Å². The minimum atomic E-state index is -4.49. The van der Waals surface area contributed by atoms with Gasteiger partial charge in [-0.2, -0.15) is 13.2 Å². The molecule has 0 fully saturated rings. The van der Waals surface area contributed by atoms with Gasteiger partial charge in [-0.05, 0) is 44.5 Å². The molecule has 0 atom stereocenters. The van der Waals surface area contributed by atoms with Crippen LogP contribution in [0, 0.1) is 0 Å². The summed E-state index contributed by atoms with van der Waals surface area (Å²) in [5.41, 5.74) is -1.12. The largest absolute Gasteiger partial charge is 0.452 e. The molecule has 1 N–H and O–H groups in total. The van der Waals surface area contributed by atoms with Gasteiger partial charge in [0.2, 0.25) is 5.91 Å². The summed E-state index contributed by atoms with van der Waals surface area (Å²) in [5, 5.41) is 2.69. The predicted molar refractivity (Wildman–Crippen MR) is 97.0 cm³/mol. The first-order valence-electron chi connectivity index (χ1n) is 8.35.